The van der Waals surface area contributed by atoms with Crippen LogP contribution in [0.5, 0.6) is 0 Å². The highest BCUT2D eigenvalue weighted by Gasteiger charge is 2.17. The molecule has 0 radical (unpaired) electrons. The van der Waals surface area contributed by atoms with Crippen LogP contribution in [0.1, 0.15) is 0 Å². The highest BCUT2D eigenvalue weighted by atomic mass is 15.0. The van der Waals surface area contributed by atoms with Gasteiger partial charge in [0.05, 0.1) is 27.8 Å². The summed E-state index contributed by atoms with van der Waals surface area (Å²) in [4.78, 5) is 10.2. The summed E-state index contributed by atoms with van der Waals surface area (Å²) in [6.45, 7) is 0. The molecule has 9 aromatic rings. The maximum Gasteiger partial charge on any atom is 0.160 e. The summed E-state index contributed by atoms with van der Waals surface area (Å²) in [6.07, 6.45) is 2.16. The topological polar surface area (TPSA) is 35.6 Å². The van der Waals surface area contributed by atoms with Crippen molar-refractivity contribution >= 4 is 43.6 Å². The van der Waals surface area contributed by atoms with Gasteiger partial charge in [-0.3, -0.25) is 0 Å². The number of nitrogens with zero attached hydrogens (tertiary/aromatic N) is 4. The average molecular weight is 563 g/mol. The third-order valence-electron chi connectivity index (χ3n) is 8.53. The van der Waals surface area contributed by atoms with Crippen LogP contribution in [0.25, 0.3) is 77.6 Å². The molecular weight excluding hydrogens is 536 g/mol. The molecule has 0 saturated carbocycles. The van der Waals surface area contributed by atoms with Crippen LogP contribution in [-0.2, 0) is 0 Å². The van der Waals surface area contributed by atoms with Gasteiger partial charge in [0.25, 0.3) is 0 Å². The number of para-hydroxylation sites is 3. The molecule has 6 aromatic carbocycles. The first-order valence-electron chi connectivity index (χ1n) is 14.8. The fourth-order valence-electron chi connectivity index (χ4n) is 6.49. The SMILES string of the molecule is c1ccc(-c2nc(-c3cccc(-n4c5ccccc5c5cc6c(ccn6-c6ccccc6)cc54)c3)nc3ccccc23)cc1. The molecule has 3 heterocycles. The summed E-state index contributed by atoms with van der Waals surface area (Å²) in [6, 6.07) is 53.3. The maximum absolute atomic E-state index is 5.14. The first kappa shape index (κ1) is 24.6. The molecule has 0 spiro atoms. The molecule has 0 bridgehead atoms. The van der Waals surface area contributed by atoms with Crippen LogP contribution >= 0.6 is 0 Å². The van der Waals surface area contributed by atoms with E-state index < -0.39 is 0 Å². The minimum Gasteiger partial charge on any atom is -0.317 e. The minimum absolute atomic E-state index is 0.715. The number of hydrogen-bond donors (Lipinski definition) is 0. The molecule has 0 amide bonds. The van der Waals surface area contributed by atoms with Crippen molar-refractivity contribution < 1.29 is 0 Å². The molecule has 0 aliphatic rings. The Bertz CT molecular complexity index is 2490. The van der Waals surface area contributed by atoms with Crippen molar-refractivity contribution in [2.24, 2.45) is 0 Å². The van der Waals surface area contributed by atoms with Gasteiger partial charge in [0.15, 0.2) is 5.82 Å². The van der Waals surface area contributed by atoms with Gasteiger partial charge in [0.2, 0.25) is 0 Å². The van der Waals surface area contributed by atoms with Crippen molar-refractivity contribution in [3.05, 3.63) is 158 Å². The average Bonchev–Trinajstić information content (AvgIpc) is 3.66. The number of fused-ring (bicyclic) bond motifs is 5. The highest BCUT2D eigenvalue weighted by Crippen LogP contribution is 2.37. The summed E-state index contributed by atoms with van der Waals surface area (Å²) in [5.41, 5.74) is 9.71. The van der Waals surface area contributed by atoms with Crippen LogP contribution in [0, 0.1) is 0 Å². The van der Waals surface area contributed by atoms with E-state index in [4.69, 9.17) is 9.97 Å². The first-order chi connectivity index (χ1) is 21.8. The lowest BCUT2D eigenvalue weighted by molar-refractivity contribution is 1.13. The predicted octanol–water partition coefficient (Wildman–Crippen LogP) is 10.0. The van der Waals surface area contributed by atoms with Crippen molar-refractivity contribution in [1.82, 2.24) is 19.1 Å². The molecule has 0 atom stereocenters. The molecule has 0 unspecified atom stereocenters. The Labute approximate surface area is 254 Å². The fourth-order valence-corrected chi connectivity index (χ4v) is 6.49. The van der Waals surface area contributed by atoms with Crippen molar-refractivity contribution in [2.45, 2.75) is 0 Å². The predicted molar refractivity (Wildman–Crippen MR) is 182 cm³/mol. The van der Waals surface area contributed by atoms with E-state index in [2.05, 4.69) is 149 Å². The monoisotopic (exact) mass is 562 g/mol. The second kappa shape index (κ2) is 9.79. The van der Waals surface area contributed by atoms with Gasteiger partial charge in [-0.05, 0) is 54.6 Å². The third kappa shape index (κ3) is 3.85. The largest absolute Gasteiger partial charge is 0.317 e. The Morgan fingerprint density at radius 1 is 0.432 bits per heavy atom. The Hall–Kier alpha value is -6.00. The van der Waals surface area contributed by atoms with E-state index in [1.165, 1.54) is 32.7 Å². The standard InChI is InChI=1S/C40H26N4/c1-3-12-27(13-4-1)39-33-19-7-9-20-35(33)41-40(42-39)29-14-11-17-31(24-29)44-36-21-10-8-18-32(36)34-26-37-28(25-38(34)44)22-23-43(37)30-15-5-2-6-16-30/h1-26H. The summed E-state index contributed by atoms with van der Waals surface area (Å²) in [5.74, 6) is 0.715. The van der Waals surface area contributed by atoms with Crippen molar-refractivity contribution in [1.29, 1.82) is 0 Å². The lowest BCUT2D eigenvalue weighted by atomic mass is 10.1. The summed E-state index contributed by atoms with van der Waals surface area (Å²) < 4.78 is 4.63. The molecule has 3 aromatic heterocycles. The number of aromatic nitrogens is 4. The summed E-state index contributed by atoms with van der Waals surface area (Å²) >= 11 is 0. The number of hydrogen-bond acceptors (Lipinski definition) is 2. The van der Waals surface area contributed by atoms with Gasteiger partial charge < -0.3 is 9.13 Å². The molecule has 0 aliphatic heterocycles. The molecule has 44 heavy (non-hydrogen) atoms. The molecule has 0 N–H and O–H groups in total. The smallest absolute Gasteiger partial charge is 0.160 e. The number of benzene rings is 6. The van der Waals surface area contributed by atoms with E-state index in [1.807, 2.05) is 18.2 Å². The molecule has 9 rings (SSSR count). The first-order valence-corrected chi connectivity index (χ1v) is 14.8. The molecule has 0 fully saturated rings. The lowest BCUT2D eigenvalue weighted by Gasteiger charge is -2.12. The maximum atomic E-state index is 5.14. The third-order valence-corrected chi connectivity index (χ3v) is 8.53. The molecule has 206 valence electrons. The summed E-state index contributed by atoms with van der Waals surface area (Å²) in [5, 5.41) is 4.70. The normalized spacial score (nSPS) is 11.6. The highest BCUT2D eigenvalue weighted by molar-refractivity contribution is 6.13. The Balaban J connectivity index is 1.26. The molecular formula is C40H26N4. The quantitative estimate of drug-likeness (QED) is 0.214. The van der Waals surface area contributed by atoms with E-state index in [-0.39, 0.29) is 0 Å². The van der Waals surface area contributed by atoms with Crippen molar-refractivity contribution in [2.75, 3.05) is 0 Å². The van der Waals surface area contributed by atoms with Crippen LogP contribution in [0.3, 0.4) is 0 Å². The number of rotatable bonds is 4. The zero-order chi connectivity index (χ0) is 29.0. The molecule has 0 aliphatic carbocycles. The van der Waals surface area contributed by atoms with E-state index in [0.717, 1.165) is 39.1 Å². The van der Waals surface area contributed by atoms with Gasteiger partial charge >= 0.3 is 0 Å². The second-order valence-corrected chi connectivity index (χ2v) is 11.1. The molecule has 0 saturated heterocycles. The van der Waals surface area contributed by atoms with Crippen molar-refractivity contribution in [3.8, 4) is 34.0 Å². The van der Waals surface area contributed by atoms with Crippen LogP contribution < -0.4 is 0 Å². The van der Waals surface area contributed by atoms with E-state index in [9.17, 15) is 0 Å². The van der Waals surface area contributed by atoms with E-state index in [0.29, 0.717) is 5.82 Å². The Morgan fingerprint density at radius 2 is 1.14 bits per heavy atom. The van der Waals surface area contributed by atoms with E-state index >= 15 is 0 Å². The van der Waals surface area contributed by atoms with Gasteiger partial charge in [0.1, 0.15) is 0 Å². The minimum atomic E-state index is 0.715. The van der Waals surface area contributed by atoms with Gasteiger partial charge in [0, 0.05) is 50.2 Å². The molecule has 4 heteroatoms. The zero-order valence-corrected chi connectivity index (χ0v) is 23.8. The van der Waals surface area contributed by atoms with Gasteiger partial charge in [-0.1, -0.05) is 97.1 Å². The van der Waals surface area contributed by atoms with E-state index in [1.54, 1.807) is 0 Å². The van der Waals surface area contributed by atoms with Gasteiger partial charge in [-0.2, -0.15) is 0 Å². The fraction of sp³-hybridized carbons (Fsp3) is 0. The van der Waals surface area contributed by atoms with Crippen LogP contribution in [0.15, 0.2) is 158 Å². The second-order valence-electron chi connectivity index (χ2n) is 11.1. The van der Waals surface area contributed by atoms with Crippen molar-refractivity contribution in [3.63, 3.8) is 0 Å². The van der Waals surface area contributed by atoms with Crippen LogP contribution in [0.2, 0.25) is 0 Å². The van der Waals surface area contributed by atoms with Crippen LogP contribution in [-0.4, -0.2) is 19.1 Å². The summed E-state index contributed by atoms with van der Waals surface area (Å²) in [7, 11) is 0. The Kier molecular flexibility index (Phi) is 5.47. The van der Waals surface area contributed by atoms with Gasteiger partial charge in [-0.25, -0.2) is 9.97 Å². The van der Waals surface area contributed by atoms with Crippen LogP contribution in [0.4, 0.5) is 0 Å². The molecule has 4 nitrogen and oxygen atoms in total. The Morgan fingerprint density at radius 3 is 2.00 bits per heavy atom. The lowest BCUT2D eigenvalue weighted by Crippen LogP contribution is -1.98. The van der Waals surface area contributed by atoms with Gasteiger partial charge in [-0.15, -0.1) is 0 Å². The zero-order valence-electron chi connectivity index (χ0n) is 23.8.